The van der Waals surface area contributed by atoms with Crippen molar-refractivity contribution in [1.82, 2.24) is 0 Å². The van der Waals surface area contributed by atoms with E-state index in [0.29, 0.717) is 5.92 Å². The molecule has 0 spiro atoms. The van der Waals surface area contributed by atoms with Crippen LogP contribution in [0.25, 0.3) is 5.57 Å². The molecular weight excluding hydrogens is 260 g/mol. The van der Waals surface area contributed by atoms with Gasteiger partial charge in [-0.25, -0.2) is 0 Å². The number of carbonyl (C=O) groups is 1. The third-order valence-electron chi connectivity index (χ3n) is 4.15. The van der Waals surface area contributed by atoms with Crippen LogP contribution >= 0.6 is 0 Å². The monoisotopic (exact) mass is 286 g/mol. The number of rotatable bonds is 4. The van der Waals surface area contributed by atoms with E-state index in [4.69, 9.17) is 0 Å². The van der Waals surface area contributed by atoms with Gasteiger partial charge in [0.25, 0.3) is 0 Å². The molecule has 0 heterocycles. The molecule has 1 aromatic rings. The van der Waals surface area contributed by atoms with E-state index in [-0.39, 0.29) is 0 Å². The van der Waals surface area contributed by atoms with Gasteiger partial charge in [0.05, 0.1) is 8.07 Å². The molecule has 0 aromatic heterocycles. The van der Waals surface area contributed by atoms with Crippen molar-refractivity contribution in [2.45, 2.75) is 53.3 Å². The number of aldehydes is 1. The van der Waals surface area contributed by atoms with Crippen molar-refractivity contribution in [2.75, 3.05) is 0 Å². The minimum absolute atomic E-state index is 0.613. The Morgan fingerprint density at radius 3 is 1.95 bits per heavy atom. The maximum atomic E-state index is 11.8. The summed E-state index contributed by atoms with van der Waals surface area (Å²) in [4.78, 5) is 11.8. The van der Waals surface area contributed by atoms with E-state index >= 15 is 0 Å². The van der Waals surface area contributed by atoms with Gasteiger partial charge in [-0.1, -0.05) is 37.3 Å². The summed E-state index contributed by atoms with van der Waals surface area (Å²) >= 11 is 0. The minimum atomic E-state index is -1.60. The third kappa shape index (κ3) is 2.95. The second-order valence-corrected chi connectivity index (χ2v) is 12.3. The fourth-order valence-electron chi connectivity index (χ4n) is 3.18. The number of carbonyl (C=O) groups excluding carboxylic acids is 1. The van der Waals surface area contributed by atoms with Gasteiger partial charge >= 0.3 is 0 Å². The topological polar surface area (TPSA) is 17.1 Å². The standard InChI is InChI=1S/C18H26OSi/c1-12-9-13(2)17(14(3)10-12)18(15-7-8-15)16(11-19)20(4,5)6/h9-11,15H,7-8H2,1-6H3/b18-16+. The van der Waals surface area contributed by atoms with Crippen molar-refractivity contribution in [2.24, 2.45) is 5.92 Å². The number of benzene rings is 1. The number of allylic oxidation sites excluding steroid dienone is 2. The molecule has 0 amide bonds. The quantitative estimate of drug-likeness (QED) is 0.439. The average molecular weight is 286 g/mol. The zero-order chi connectivity index (χ0) is 15.1. The second kappa shape index (κ2) is 5.32. The molecule has 2 rings (SSSR count). The van der Waals surface area contributed by atoms with Crippen molar-refractivity contribution >= 4 is 19.9 Å². The van der Waals surface area contributed by atoms with Crippen LogP contribution in [0.1, 0.15) is 35.1 Å². The Morgan fingerprint density at radius 1 is 1.10 bits per heavy atom. The molecule has 0 saturated heterocycles. The van der Waals surface area contributed by atoms with E-state index in [9.17, 15) is 4.79 Å². The van der Waals surface area contributed by atoms with Gasteiger partial charge in [-0.2, -0.15) is 0 Å². The summed E-state index contributed by atoms with van der Waals surface area (Å²) in [6, 6.07) is 4.49. The van der Waals surface area contributed by atoms with Crippen molar-refractivity contribution < 1.29 is 4.79 Å². The fourth-order valence-corrected chi connectivity index (χ4v) is 4.67. The molecule has 2 heteroatoms. The Bertz CT molecular complexity index is 549. The summed E-state index contributed by atoms with van der Waals surface area (Å²) in [6.07, 6.45) is 3.63. The third-order valence-corrected chi connectivity index (χ3v) is 6.15. The van der Waals surface area contributed by atoms with E-state index in [2.05, 4.69) is 52.5 Å². The van der Waals surface area contributed by atoms with E-state index in [1.807, 2.05) is 0 Å². The molecule has 0 unspecified atom stereocenters. The van der Waals surface area contributed by atoms with Crippen LogP contribution in [0.2, 0.25) is 19.6 Å². The molecule has 1 saturated carbocycles. The summed E-state index contributed by atoms with van der Waals surface area (Å²) in [7, 11) is -1.60. The molecule has 1 aliphatic rings. The van der Waals surface area contributed by atoms with Crippen LogP contribution in [0.5, 0.6) is 0 Å². The fraction of sp³-hybridized carbons (Fsp3) is 0.500. The summed E-state index contributed by atoms with van der Waals surface area (Å²) in [5, 5.41) is 1.12. The summed E-state index contributed by atoms with van der Waals surface area (Å²) in [5.74, 6) is 0.613. The summed E-state index contributed by atoms with van der Waals surface area (Å²) < 4.78 is 0. The van der Waals surface area contributed by atoms with Crippen LogP contribution in [-0.4, -0.2) is 14.4 Å². The number of hydrogen-bond acceptors (Lipinski definition) is 1. The zero-order valence-electron chi connectivity index (χ0n) is 13.6. The van der Waals surface area contributed by atoms with Crippen molar-refractivity contribution in [1.29, 1.82) is 0 Å². The van der Waals surface area contributed by atoms with Crippen LogP contribution < -0.4 is 0 Å². The van der Waals surface area contributed by atoms with Crippen LogP contribution in [0.3, 0.4) is 0 Å². The highest BCUT2D eigenvalue weighted by molar-refractivity contribution is 6.87. The Hall–Kier alpha value is -1.15. The van der Waals surface area contributed by atoms with Gasteiger partial charge in [-0.3, -0.25) is 4.79 Å². The molecule has 20 heavy (non-hydrogen) atoms. The highest BCUT2D eigenvalue weighted by Gasteiger charge is 2.34. The maximum absolute atomic E-state index is 11.8. The minimum Gasteiger partial charge on any atom is -0.299 e. The molecule has 0 radical (unpaired) electrons. The lowest BCUT2D eigenvalue weighted by molar-refractivity contribution is -0.104. The first-order chi connectivity index (χ1) is 9.25. The lowest BCUT2D eigenvalue weighted by atomic mass is 9.91. The molecule has 1 aliphatic carbocycles. The Kier molecular flexibility index (Phi) is 4.06. The lowest BCUT2D eigenvalue weighted by Gasteiger charge is -2.24. The smallest absolute Gasteiger partial charge is 0.142 e. The largest absolute Gasteiger partial charge is 0.299 e. The summed E-state index contributed by atoms with van der Waals surface area (Å²) in [5.41, 5.74) is 6.67. The first-order valence-corrected chi connectivity index (χ1v) is 11.0. The van der Waals surface area contributed by atoms with Crippen molar-refractivity contribution in [3.05, 3.63) is 39.6 Å². The zero-order valence-corrected chi connectivity index (χ0v) is 14.6. The van der Waals surface area contributed by atoms with Gasteiger partial charge in [0.2, 0.25) is 0 Å². The first-order valence-electron chi connectivity index (χ1n) is 7.53. The molecule has 1 nitrogen and oxygen atoms in total. The second-order valence-electron chi connectivity index (χ2n) is 7.24. The van der Waals surface area contributed by atoms with Crippen molar-refractivity contribution in [3.8, 4) is 0 Å². The molecule has 1 aromatic carbocycles. The Morgan fingerprint density at radius 2 is 1.60 bits per heavy atom. The molecule has 1 fully saturated rings. The molecular formula is C18H26OSi. The van der Waals surface area contributed by atoms with Gasteiger partial charge in [0.1, 0.15) is 6.29 Å². The molecule has 0 atom stereocenters. The van der Waals surface area contributed by atoms with Gasteiger partial charge in [-0.15, -0.1) is 0 Å². The summed E-state index contributed by atoms with van der Waals surface area (Å²) in [6.45, 7) is 13.3. The highest BCUT2D eigenvalue weighted by atomic mass is 28.3. The van der Waals surface area contributed by atoms with Gasteiger partial charge in [0, 0.05) is 0 Å². The predicted molar refractivity (Wildman–Crippen MR) is 89.7 cm³/mol. The molecule has 0 N–H and O–H groups in total. The Balaban J connectivity index is 2.73. The highest BCUT2D eigenvalue weighted by Crippen LogP contribution is 2.46. The van der Waals surface area contributed by atoms with Crippen LogP contribution in [0, 0.1) is 26.7 Å². The van der Waals surface area contributed by atoms with Crippen LogP contribution in [0.15, 0.2) is 17.3 Å². The SMILES string of the molecule is Cc1cc(C)c(/C(=C(\C=O)[Si](C)(C)C)C2CC2)c(C)c1. The van der Waals surface area contributed by atoms with Crippen LogP contribution in [-0.2, 0) is 4.79 Å². The van der Waals surface area contributed by atoms with E-state index in [0.717, 1.165) is 11.5 Å². The van der Waals surface area contributed by atoms with E-state index < -0.39 is 8.07 Å². The molecule has 0 aliphatic heterocycles. The Labute approximate surface area is 124 Å². The van der Waals surface area contributed by atoms with Crippen molar-refractivity contribution in [3.63, 3.8) is 0 Å². The number of hydrogen-bond donors (Lipinski definition) is 0. The maximum Gasteiger partial charge on any atom is 0.142 e. The lowest BCUT2D eigenvalue weighted by Crippen LogP contribution is -2.27. The van der Waals surface area contributed by atoms with Gasteiger partial charge in [0.15, 0.2) is 0 Å². The average Bonchev–Trinajstić information content (AvgIpc) is 3.08. The molecule has 108 valence electrons. The van der Waals surface area contributed by atoms with Gasteiger partial charge < -0.3 is 0 Å². The number of aryl methyl sites for hydroxylation is 3. The first kappa shape index (κ1) is 15.2. The van der Waals surface area contributed by atoms with E-state index in [1.165, 1.54) is 40.7 Å². The molecule has 0 bridgehead atoms. The predicted octanol–water partition coefficient (Wildman–Crippen LogP) is 4.85. The van der Waals surface area contributed by atoms with Crippen LogP contribution in [0.4, 0.5) is 0 Å². The normalized spacial score (nSPS) is 16.9. The van der Waals surface area contributed by atoms with E-state index in [1.54, 1.807) is 0 Å². The van der Waals surface area contributed by atoms with Gasteiger partial charge in [-0.05, 0) is 67.0 Å².